The van der Waals surface area contributed by atoms with Gasteiger partial charge in [-0.05, 0) is 51.5 Å². The van der Waals surface area contributed by atoms with Crippen LogP contribution >= 0.6 is 0 Å². The van der Waals surface area contributed by atoms with Gasteiger partial charge in [-0.1, -0.05) is 19.8 Å². The van der Waals surface area contributed by atoms with Gasteiger partial charge in [0.25, 0.3) is 0 Å². The molecule has 1 aliphatic carbocycles. The third-order valence-corrected chi connectivity index (χ3v) is 5.20. The summed E-state index contributed by atoms with van der Waals surface area (Å²) in [6.45, 7) is 7.09. The maximum Gasteiger partial charge on any atom is 0.137 e. The molecule has 0 aromatic rings. The van der Waals surface area contributed by atoms with Crippen LogP contribution in [0.25, 0.3) is 0 Å². The Balaban J connectivity index is 1.86. The van der Waals surface area contributed by atoms with Gasteiger partial charge in [-0.2, -0.15) is 0 Å². The van der Waals surface area contributed by atoms with Crippen molar-refractivity contribution in [1.82, 2.24) is 4.90 Å². The molecule has 1 heterocycles. The number of rotatable bonds is 4. The minimum Gasteiger partial charge on any atom is -0.390 e. The van der Waals surface area contributed by atoms with Crippen molar-refractivity contribution in [1.29, 1.82) is 0 Å². The highest BCUT2D eigenvalue weighted by molar-refractivity contribution is 5.81. The molecule has 3 unspecified atom stereocenters. The van der Waals surface area contributed by atoms with Gasteiger partial charge in [0.05, 0.1) is 5.60 Å². The fourth-order valence-corrected chi connectivity index (χ4v) is 3.86. The van der Waals surface area contributed by atoms with E-state index in [1.165, 1.54) is 12.8 Å². The summed E-state index contributed by atoms with van der Waals surface area (Å²) in [6, 6.07) is 0. The standard InChI is InChI=1S/C17H31NO2/c1-3-5-14-6-7-16(19)15(12-14)13-18-10-4-8-17(2,20)9-11-18/h14-15,20H,3-13H2,1-2H3. The predicted molar refractivity (Wildman–Crippen MR) is 81.7 cm³/mol. The van der Waals surface area contributed by atoms with E-state index in [9.17, 15) is 9.90 Å². The minimum absolute atomic E-state index is 0.253. The van der Waals surface area contributed by atoms with Gasteiger partial charge in [0.2, 0.25) is 0 Å². The number of hydrogen-bond donors (Lipinski definition) is 1. The fraction of sp³-hybridized carbons (Fsp3) is 0.941. The van der Waals surface area contributed by atoms with Gasteiger partial charge in [0.1, 0.15) is 5.78 Å². The molecule has 0 aromatic heterocycles. The van der Waals surface area contributed by atoms with Crippen LogP contribution in [-0.4, -0.2) is 41.0 Å². The summed E-state index contributed by atoms with van der Waals surface area (Å²) >= 11 is 0. The first-order chi connectivity index (χ1) is 9.50. The molecule has 1 aliphatic heterocycles. The lowest BCUT2D eigenvalue weighted by Gasteiger charge is -2.32. The lowest BCUT2D eigenvalue weighted by molar-refractivity contribution is -0.126. The number of carbonyl (C=O) groups excluding carboxylic acids is 1. The van der Waals surface area contributed by atoms with Crippen LogP contribution in [-0.2, 0) is 4.79 Å². The van der Waals surface area contributed by atoms with Crippen molar-refractivity contribution in [3.63, 3.8) is 0 Å². The Labute approximate surface area is 123 Å². The second kappa shape index (κ2) is 7.04. The number of likely N-dealkylation sites (tertiary alicyclic amines) is 1. The van der Waals surface area contributed by atoms with Crippen molar-refractivity contribution in [2.75, 3.05) is 19.6 Å². The smallest absolute Gasteiger partial charge is 0.137 e. The molecule has 2 aliphatic rings. The summed E-state index contributed by atoms with van der Waals surface area (Å²) in [6.07, 6.45) is 8.29. The third-order valence-electron chi connectivity index (χ3n) is 5.20. The van der Waals surface area contributed by atoms with Crippen LogP contribution in [0.2, 0.25) is 0 Å². The number of Topliss-reactive ketones (excluding diaryl/α,β-unsaturated/α-hetero) is 1. The van der Waals surface area contributed by atoms with E-state index in [1.807, 2.05) is 6.92 Å². The molecule has 0 radical (unpaired) electrons. The van der Waals surface area contributed by atoms with Gasteiger partial charge in [0.15, 0.2) is 0 Å². The normalized spacial score (nSPS) is 36.9. The highest BCUT2D eigenvalue weighted by Gasteiger charge is 2.31. The van der Waals surface area contributed by atoms with Crippen LogP contribution in [0.1, 0.15) is 65.2 Å². The molecular formula is C17H31NO2. The SMILES string of the molecule is CCCC1CCC(=O)C(CN2CCCC(C)(O)CC2)C1. The molecule has 3 heteroatoms. The van der Waals surface area contributed by atoms with E-state index in [4.69, 9.17) is 0 Å². The van der Waals surface area contributed by atoms with Crippen molar-refractivity contribution in [3.8, 4) is 0 Å². The predicted octanol–water partition coefficient (Wildman–Crippen LogP) is 3.01. The first kappa shape index (κ1) is 16.0. The third kappa shape index (κ3) is 4.56. The molecule has 3 nitrogen and oxygen atoms in total. The Hall–Kier alpha value is -0.410. The van der Waals surface area contributed by atoms with Crippen molar-refractivity contribution in [2.24, 2.45) is 11.8 Å². The van der Waals surface area contributed by atoms with Crippen LogP contribution in [0.4, 0.5) is 0 Å². The quantitative estimate of drug-likeness (QED) is 0.861. The molecule has 116 valence electrons. The van der Waals surface area contributed by atoms with Gasteiger partial charge in [0, 0.05) is 25.4 Å². The van der Waals surface area contributed by atoms with E-state index in [-0.39, 0.29) is 5.92 Å². The van der Waals surface area contributed by atoms with Gasteiger partial charge in [-0.3, -0.25) is 4.79 Å². The largest absolute Gasteiger partial charge is 0.390 e. The lowest BCUT2D eigenvalue weighted by Crippen LogP contribution is -2.37. The summed E-state index contributed by atoms with van der Waals surface area (Å²) in [7, 11) is 0. The zero-order valence-corrected chi connectivity index (χ0v) is 13.2. The Morgan fingerprint density at radius 2 is 2.15 bits per heavy atom. The Bertz CT molecular complexity index is 327. The molecule has 2 fully saturated rings. The molecule has 3 atom stereocenters. The lowest BCUT2D eigenvalue weighted by atomic mass is 9.78. The van der Waals surface area contributed by atoms with Crippen molar-refractivity contribution >= 4 is 5.78 Å². The van der Waals surface area contributed by atoms with E-state index in [1.54, 1.807) is 0 Å². The monoisotopic (exact) mass is 281 g/mol. The van der Waals surface area contributed by atoms with E-state index >= 15 is 0 Å². The van der Waals surface area contributed by atoms with E-state index < -0.39 is 5.60 Å². The van der Waals surface area contributed by atoms with Crippen molar-refractivity contribution in [2.45, 2.75) is 70.8 Å². The van der Waals surface area contributed by atoms with Crippen LogP contribution in [0.5, 0.6) is 0 Å². The van der Waals surface area contributed by atoms with E-state index in [0.29, 0.717) is 5.78 Å². The average molecular weight is 281 g/mol. The van der Waals surface area contributed by atoms with Crippen LogP contribution < -0.4 is 0 Å². The second-order valence-corrected chi connectivity index (χ2v) is 7.24. The maximum absolute atomic E-state index is 12.2. The Kier molecular flexibility index (Phi) is 5.62. The summed E-state index contributed by atoms with van der Waals surface area (Å²) in [4.78, 5) is 14.6. The van der Waals surface area contributed by atoms with Gasteiger partial charge < -0.3 is 10.0 Å². The summed E-state index contributed by atoms with van der Waals surface area (Å²) in [5.41, 5.74) is -0.504. The molecule has 1 saturated heterocycles. The van der Waals surface area contributed by atoms with Crippen LogP contribution in [0.15, 0.2) is 0 Å². The zero-order valence-electron chi connectivity index (χ0n) is 13.2. The van der Waals surface area contributed by atoms with E-state index in [0.717, 1.165) is 64.1 Å². The molecule has 0 spiro atoms. The molecule has 20 heavy (non-hydrogen) atoms. The highest BCUT2D eigenvalue weighted by atomic mass is 16.3. The number of ketones is 1. The molecule has 2 rings (SSSR count). The van der Waals surface area contributed by atoms with Crippen LogP contribution in [0, 0.1) is 11.8 Å². The maximum atomic E-state index is 12.2. The number of aliphatic hydroxyl groups is 1. The molecular weight excluding hydrogens is 250 g/mol. The molecule has 0 aromatic carbocycles. The molecule has 0 bridgehead atoms. The fourth-order valence-electron chi connectivity index (χ4n) is 3.86. The topological polar surface area (TPSA) is 40.5 Å². The van der Waals surface area contributed by atoms with Gasteiger partial charge in [-0.25, -0.2) is 0 Å². The number of hydrogen-bond acceptors (Lipinski definition) is 3. The van der Waals surface area contributed by atoms with E-state index in [2.05, 4.69) is 11.8 Å². The first-order valence-electron chi connectivity index (χ1n) is 8.47. The Morgan fingerprint density at radius 1 is 1.35 bits per heavy atom. The summed E-state index contributed by atoms with van der Waals surface area (Å²) in [5.74, 6) is 1.49. The van der Waals surface area contributed by atoms with Crippen molar-refractivity contribution < 1.29 is 9.90 Å². The van der Waals surface area contributed by atoms with Crippen molar-refractivity contribution in [3.05, 3.63) is 0 Å². The number of carbonyl (C=O) groups is 1. The van der Waals surface area contributed by atoms with Gasteiger partial charge in [-0.15, -0.1) is 0 Å². The molecule has 0 amide bonds. The molecule has 1 saturated carbocycles. The molecule has 1 N–H and O–H groups in total. The first-order valence-corrected chi connectivity index (χ1v) is 8.47. The van der Waals surface area contributed by atoms with Gasteiger partial charge >= 0.3 is 0 Å². The number of nitrogens with zero attached hydrogens (tertiary/aromatic N) is 1. The minimum atomic E-state index is -0.504. The average Bonchev–Trinajstić information content (AvgIpc) is 2.55. The van der Waals surface area contributed by atoms with Crippen LogP contribution in [0.3, 0.4) is 0 Å². The highest BCUT2D eigenvalue weighted by Crippen LogP contribution is 2.31. The zero-order chi connectivity index (χ0) is 14.6. The summed E-state index contributed by atoms with van der Waals surface area (Å²) in [5, 5.41) is 10.1. The second-order valence-electron chi connectivity index (χ2n) is 7.24. The Morgan fingerprint density at radius 3 is 2.90 bits per heavy atom. The summed E-state index contributed by atoms with van der Waals surface area (Å²) < 4.78 is 0.